The molecule has 0 bridgehead atoms. The summed E-state index contributed by atoms with van der Waals surface area (Å²) >= 11 is 18.5. The van der Waals surface area contributed by atoms with Gasteiger partial charge in [0.15, 0.2) is 0 Å². The summed E-state index contributed by atoms with van der Waals surface area (Å²) in [6.45, 7) is 0.315. The number of amides is 4. The zero-order valence-electron chi connectivity index (χ0n) is 22.6. The molecule has 4 aromatic carbocycles. The van der Waals surface area contributed by atoms with Gasteiger partial charge in [0.25, 0.3) is 11.8 Å². The number of urea groups is 1. The molecular formula is C32H23Cl3N2O6. The summed E-state index contributed by atoms with van der Waals surface area (Å²) in [6.07, 6.45) is 1.36. The number of hydrogen-bond acceptors (Lipinski definition) is 6. The molecule has 0 saturated carbocycles. The van der Waals surface area contributed by atoms with Gasteiger partial charge in [0.2, 0.25) is 0 Å². The van der Waals surface area contributed by atoms with Crippen LogP contribution in [0.1, 0.15) is 16.7 Å². The number of imide groups is 2. The van der Waals surface area contributed by atoms with Crippen LogP contribution in [-0.2, 0) is 22.8 Å². The Balaban J connectivity index is 1.38. The minimum Gasteiger partial charge on any atom is -0.497 e. The lowest BCUT2D eigenvalue weighted by molar-refractivity contribution is -0.122. The lowest BCUT2D eigenvalue weighted by atomic mass is 10.1. The normalized spacial score (nSPS) is 14.1. The lowest BCUT2D eigenvalue weighted by Gasteiger charge is -2.26. The molecule has 0 spiro atoms. The van der Waals surface area contributed by atoms with E-state index in [0.29, 0.717) is 43.4 Å². The molecule has 0 unspecified atom stereocenters. The van der Waals surface area contributed by atoms with Crippen molar-refractivity contribution in [1.82, 2.24) is 5.32 Å². The van der Waals surface area contributed by atoms with E-state index in [1.54, 1.807) is 66.7 Å². The second kappa shape index (κ2) is 13.2. The van der Waals surface area contributed by atoms with E-state index in [2.05, 4.69) is 5.32 Å². The Hall–Kier alpha value is -4.50. The van der Waals surface area contributed by atoms with Crippen molar-refractivity contribution >= 4 is 64.4 Å². The molecule has 218 valence electrons. The third-order valence-corrected chi connectivity index (χ3v) is 7.42. The third kappa shape index (κ3) is 6.94. The van der Waals surface area contributed by atoms with Gasteiger partial charge >= 0.3 is 6.03 Å². The van der Waals surface area contributed by atoms with E-state index < -0.39 is 17.8 Å². The van der Waals surface area contributed by atoms with E-state index in [-0.39, 0.29) is 24.5 Å². The second-order valence-corrected chi connectivity index (χ2v) is 10.5. The Morgan fingerprint density at radius 2 is 1.47 bits per heavy atom. The molecular weight excluding hydrogens is 615 g/mol. The molecule has 8 nitrogen and oxygen atoms in total. The fraction of sp³-hybridized carbons (Fsp3) is 0.0938. The van der Waals surface area contributed by atoms with Crippen molar-refractivity contribution in [2.75, 3.05) is 12.0 Å². The number of benzene rings is 4. The molecule has 1 N–H and O–H groups in total. The molecule has 0 aliphatic carbocycles. The molecule has 43 heavy (non-hydrogen) atoms. The van der Waals surface area contributed by atoms with Gasteiger partial charge in [-0.3, -0.25) is 14.9 Å². The molecule has 1 heterocycles. The van der Waals surface area contributed by atoms with Crippen molar-refractivity contribution in [3.8, 4) is 17.2 Å². The van der Waals surface area contributed by atoms with Crippen molar-refractivity contribution in [2.24, 2.45) is 0 Å². The van der Waals surface area contributed by atoms with Crippen LogP contribution in [0.25, 0.3) is 6.08 Å². The van der Waals surface area contributed by atoms with Gasteiger partial charge in [0, 0.05) is 37.8 Å². The number of hydrogen-bond donors (Lipinski definition) is 1. The van der Waals surface area contributed by atoms with Gasteiger partial charge in [-0.1, -0.05) is 59.1 Å². The van der Waals surface area contributed by atoms with Crippen LogP contribution in [0.3, 0.4) is 0 Å². The zero-order valence-corrected chi connectivity index (χ0v) is 24.9. The largest absolute Gasteiger partial charge is 0.497 e. The highest BCUT2D eigenvalue weighted by atomic mass is 35.5. The summed E-state index contributed by atoms with van der Waals surface area (Å²) in [5.41, 5.74) is 1.87. The number of ether oxygens (including phenoxy) is 3. The van der Waals surface area contributed by atoms with Crippen LogP contribution in [0.15, 0.2) is 90.5 Å². The molecule has 0 atom stereocenters. The van der Waals surface area contributed by atoms with E-state index >= 15 is 0 Å². The first-order valence-corrected chi connectivity index (χ1v) is 14.0. The van der Waals surface area contributed by atoms with Crippen LogP contribution >= 0.6 is 34.8 Å². The topological polar surface area (TPSA) is 94.2 Å². The van der Waals surface area contributed by atoms with Crippen molar-refractivity contribution < 1.29 is 28.6 Å². The third-order valence-electron chi connectivity index (χ3n) is 6.47. The number of rotatable bonds is 9. The zero-order chi connectivity index (χ0) is 30.5. The highest BCUT2D eigenvalue weighted by Crippen LogP contribution is 2.31. The Bertz CT molecular complexity index is 1740. The van der Waals surface area contributed by atoms with Crippen LogP contribution in [-0.4, -0.2) is 25.0 Å². The fourth-order valence-electron chi connectivity index (χ4n) is 4.20. The predicted octanol–water partition coefficient (Wildman–Crippen LogP) is 7.48. The number of carbonyl (C=O) groups is 3. The Morgan fingerprint density at radius 1 is 0.767 bits per heavy atom. The molecule has 1 fully saturated rings. The van der Waals surface area contributed by atoms with E-state index in [1.807, 2.05) is 18.2 Å². The average molecular weight is 638 g/mol. The van der Waals surface area contributed by atoms with E-state index in [0.717, 1.165) is 10.5 Å². The summed E-state index contributed by atoms with van der Waals surface area (Å²) in [7, 11) is 1.50. The summed E-state index contributed by atoms with van der Waals surface area (Å²) in [5.74, 6) is -0.329. The summed E-state index contributed by atoms with van der Waals surface area (Å²) in [4.78, 5) is 40.0. The van der Waals surface area contributed by atoms with Gasteiger partial charge in [-0.05, 0) is 60.7 Å². The van der Waals surface area contributed by atoms with Crippen molar-refractivity contribution in [3.63, 3.8) is 0 Å². The summed E-state index contributed by atoms with van der Waals surface area (Å²) in [6, 6.07) is 22.7. The van der Waals surface area contributed by atoms with Gasteiger partial charge < -0.3 is 14.2 Å². The Labute approximate surface area is 262 Å². The molecule has 5 rings (SSSR count). The smallest absolute Gasteiger partial charge is 0.335 e. The van der Waals surface area contributed by atoms with Crippen molar-refractivity contribution in [3.05, 3.63) is 122 Å². The van der Waals surface area contributed by atoms with Gasteiger partial charge in [0.05, 0.1) is 12.8 Å². The summed E-state index contributed by atoms with van der Waals surface area (Å²) in [5, 5.41) is 3.72. The maximum Gasteiger partial charge on any atom is 0.335 e. The van der Waals surface area contributed by atoms with Crippen molar-refractivity contribution in [2.45, 2.75) is 13.2 Å². The quantitative estimate of drug-likeness (QED) is 0.151. The van der Waals surface area contributed by atoms with Crippen LogP contribution in [0.4, 0.5) is 10.5 Å². The first-order chi connectivity index (χ1) is 20.7. The van der Waals surface area contributed by atoms with Gasteiger partial charge in [0.1, 0.15) is 36.0 Å². The molecule has 1 aliphatic heterocycles. The first kappa shape index (κ1) is 30.0. The molecule has 1 saturated heterocycles. The Morgan fingerprint density at radius 3 is 2.19 bits per heavy atom. The fourth-order valence-corrected chi connectivity index (χ4v) is 4.85. The van der Waals surface area contributed by atoms with Crippen LogP contribution in [0.2, 0.25) is 15.1 Å². The summed E-state index contributed by atoms with van der Waals surface area (Å²) < 4.78 is 17.1. The number of carbonyl (C=O) groups excluding carboxylic acids is 3. The second-order valence-electron chi connectivity index (χ2n) is 9.26. The van der Waals surface area contributed by atoms with Gasteiger partial charge in [-0.2, -0.15) is 0 Å². The molecule has 4 amide bonds. The molecule has 1 aliphatic rings. The number of halogens is 3. The molecule has 11 heteroatoms. The predicted molar refractivity (Wildman–Crippen MR) is 165 cm³/mol. The number of nitrogens with one attached hydrogen (secondary N) is 1. The number of nitrogens with zero attached hydrogens (tertiary/aromatic N) is 1. The minimum atomic E-state index is -0.875. The first-order valence-electron chi connectivity index (χ1n) is 12.9. The van der Waals surface area contributed by atoms with Gasteiger partial charge in [-0.25, -0.2) is 9.69 Å². The van der Waals surface area contributed by atoms with Crippen LogP contribution < -0.4 is 24.4 Å². The molecule has 0 radical (unpaired) electrons. The molecule has 0 aromatic heterocycles. The minimum absolute atomic E-state index is 0.0784. The van der Waals surface area contributed by atoms with E-state index in [9.17, 15) is 14.4 Å². The molecule has 4 aromatic rings. The Kier molecular flexibility index (Phi) is 9.21. The van der Waals surface area contributed by atoms with E-state index in [1.165, 1.54) is 13.2 Å². The van der Waals surface area contributed by atoms with Crippen LogP contribution in [0, 0.1) is 0 Å². The standard InChI is InChI=1S/C32H23Cl3N2O6/c1-41-25-11-7-19(29(16-25)43-18-21-6-8-22(33)15-28(21)35)14-26-30(38)36-32(40)37(31(26)39)23-9-12-24(13-10-23)42-17-20-4-2-3-5-27(20)34/h2-16H,17-18H2,1H3,(H,36,38,40)/b26-14+. The number of methoxy groups -OCH3 is 1. The highest BCUT2D eigenvalue weighted by Gasteiger charge is 2.37. The van der Waals surface area contributed by atoms with Crippen molar-refractivity contribution in [1.29, 1.82) is 0 Å². The van der Waals surface area contributed by atoms with E-state index in [4.69, 9.17) is 49.0 Å². The SMILES string of the molecule is COc1ccc(/C=C2\C(=O)NC(=O)N(c3ccc(OCc4ccccc4Cl)cc3)C2=O)c(OCc2ccc(Cl)cc2Cl)c1. The maximum atomic E-state index is 13.5. The lowest BCUT2D eigenvalue weighted by Crippen LogP contribution is -2.54. The van der Waals surface area contributed by atoms with Crippen LogP contribution in [0.5, 0.6) is 17.2 Å². The average Bonchev–Trinajstić information content (AvgIpc) is 2.99. The number of anilines is 1. The highest BCUT2D eigenvalue weighted by molar-refractivity contribution is 6.39. The maximum absolute atomic E-state index is 13.5. The monoisotopic (exact) mass is 636 g/mol. The number of barbiturate groups is 1. The van der Waals surface area contributed by atoms with Gasteiger partial charge in [-0.15, -0.1) is 0 Å².